The normalized spacial score (nSPS) is 14.8. The fraction of sp³-hybridized carbons (Fsp3) is 0.242. The second-order valence-electron chi connectivity index (χ2n) is 9.64. The molecule has 0 fully saturated rings. The van der Waals surface area contributed by atoms with E-state index in [1.807, 2.05) is 85.8 Å². The molecule has 0 bridgehead atoms. The van der Waals surface area contributed by atoms with Crippen molar-refractivity contribution in [2.75, 3.05) is 13.7 Å². The highest BCUT2D eigenvalue weighted by Crippen LogP contribution is 2.38. The molecule has 42 heavy (non-hydrogen) atoms. The van der Waals surface area contributed by atoms with Crippen LogP contribution in [0.5, 0.6) is 11.5 Å². The van der Waals surface area contributed by atoms with Crippen molar-refractivity contribution in [2.45, 2.75) is 39.3 Å². The summed E-state index contributed by atoms with van der Waals surface area (Å²) in [5, 5.41) is 0. The van der Waals surface area contributed by atoms with Crippen molar-refractivity contribution in [1.82, 2.24) is 4.57 Å². The summed E-state index contributed by atoms with van der Waals surface area (Å²) in [5.74, 6) is 0.808. The predicted molar refractivity (Wildman–Crippen MR) is 168 cm³/mol. The third-order valence-corrected chi connectivity index (χ3v) is 8.28. The number of carbonyl (C=O) groups excluding carboxylic acids is 1. The lowest BCUT2D eigenvalue weighted by molar-refractivity contribution is -0.139. The minimum atomic E-state index is -0.759. The first-order valence-electron chi connectivity index (χ1n) is 13.8. The summed E-state index contributed by atoms with van der Waals surface area (Å²) in [6.45, 7) is 4.47. The highest BCUT2D eigenvalue weighted by atomic mass is 79.9. The topological polar surface area (TPSA) is 79.1 Å². The predicted octanol–water partition coefficient (Wildman–Crippen LogP) is 5.93. The molecule has 3 aromatic carbocycles. The van der Waals surface area contributed by atoms with Gasteiger partial charge in [-0.15, -0.1) is 0 Å². The SMILES string of the molecule is CCCC1=C(C(=O)OCC)[C@H](c2cc(Br)ccc2OC)n2c(s/c(=C/c3ccc(OCc4ccccc4)cc3)c2=O)=N1. The van der Waals surface area contributed by atoms with E-state index in [9.17, 15) is 9.59 Å². The van der Waals surface area contributed by atoms with Crippen LogP contribution in [0.1, 0.15) is 49.4 Å². The Balaban J connectivity index is 1.59. The number of benzene rings is 3. The van der Waals surface area contributed by atoms with Gasteiger partial charge in [0.2, 0.25) is 0 Å². The Labute approximate surface area is 256 Å². The number of hydrogen-bond acceptors (Lipinski definition) is 7. The Hall–Kier alpha value is -3.95. The van der Waals surface area contributed by atoms with E-state index < -0.39 is 12.0 Å². The smallest absolute Gasteiger partial charge is 0.338 e. The second-order valence-corrected chi connectivity index (χ2v) is 11.6. The molecule has 0 aliphatic carbocycles. The minimum Gasteiger partial charge on any atom is -0.496 e. The number of ether oxygens (including phenoxy) is 3. The summed E-state index contributed by atoms with van der Waals surface area (Å²) in [6.07, 6.45) is 3.18. The van der Waals surface area contributed by atoms with Crippen molar-refractivity contribution in [3.05, 3.63) is 125 Å². The average molecular weight is 648 g/mol. The number of allylic oxidation sites excluding steroid dienone is 1. The van der Waals surface area contributed by atoms with E-state index in [0.717, 1.165) is 27.8 Å². The van der Waals surface area contributed by atoms with Crippen molar-refractivity contribution in [3.8, 4) is 11.5 Å². The number of thiazole rings is 1. The zero-order chi connectivity index (χ0) is 29.6. The van der Waals surface area contributed by atoms with E-state index in [4.69, 9.17) is 19.2 Å². The summed E-state index contributed by atoms with van der Waals surface area (Å²) in [4.78, 5) is 32.8. The number of aromatic nitrogens is 1. The first-order chi connectivity index (χ1) is 20.4. The van der Waals surface area contributed by atoms with Crippen LogP contribution in [0.2, 0.25) is 0 Å². The van der Waals surface area contributed by atoms with Gasteiger partial charge in [0.25, 0.3) is 5.56 Å². The fourth-order valence-corrected chi connectivity index (χ4v) is 6.29. The van der Waals surface area contributed by atoms with Gasteiger partial charge in [-0.05, 0) is 60.9 Å². The second kappa shape index (κ2) is 13.4. The van der Waals surface area contributed by atoms with Gasteiger partial charge in [-0.2, -0.15) is 0 Å². The standard InChI is InChI=1S/C33H31BrN2O5S/c1-4-9-26-29(32(38)40-5-2)30(25-19-23(34)14-17-27(25)39-3)36-31(37)28(42-33(36)35-26)18-21-12-15-24(16-13-21)41-20-22-10-7-6-8-11-22/h6-8,10-19,30H,4-5,9,20H2,1-3H3/b28-18+/t30-/m0/s1. The van der Waals surface area contributed by atoms with Gasteiger partial charge in [-0.3, -0.25) is 9.36 Å². The van der Waals surface area contributed by atoms with Crippen LogP contribution in [-0.2, 0) is 16.1 Å². The van der Waals surface area contributed by atoms with Gasteiger partial charge in [-0.1, -0.05) is 83.1 Å². The van der Waals surface area contributed by atoms with Crippen LogP contribution in [-0.4, -0.2) is 24.3 Å². The summed E-state index contributed by atoms with van der Waals surface area (Å²) >= 11 is 4.85. The molecule has 0 spiro atoms. The molecule has 2 heterocycles. The van der Waals surface area contributed by atoms with Crippen LogP contribution in [0.3, 0.4) is 0 Å². The Bertz CT molecular complexity index is 1790. The van der Waals surface area contributed by atoms with E-state index in [0.29, 0.717) is 44.9 Å². The molecule has 1 aliphatic rings. The lowest BCUT2D eigenvalue weighted by Crippen LogP contribution is -2.40. The number of esters is 1. The molecule has 0 unspecified atom stereocenters. The monoisotopic (exact) mass is 646 g/mol. The van der Waals surface area contributed by atoms with Crippen molar-refractivity contribution in [3.63, 3.8) is 0 Å². The molecule has 1 aromatic heterocycles. The van der Waals surface area contributed by atoms with Gasteiger partial charge in [0, 0.05) is 10.0 Å². The van der Waals surface area contributed by atoms with Gasteiger partial charge >= 0.3 is 5.97 Å². The molecule has 0 amide bonds. The third-order valence-electron chi connectivity index (χ3n) is 6.80. The van der Waals surface area contributed by atoms with E-state index >= 15 is 0 Å². The lowest BCUT2D eigenvalue weighted by Gasteiger charge is -2.27. The van der Waals surface area contributed by atoms with Crippen LogP contribution in [0, 0.1) is 0 Å². The van der Waals surface area contributed by atoms with Crippen molar-refractivity contribution < 1.29 is 19.0 Å². The maximum Gasteiger partial charge on any atom is 0.338 e. The molecule has 1 atom stereocenters. The molecule has 0 radical (unpaired) electrons. The van der Waals surface area contributed by atoms with Crippen molar-refractivity contribution >= 4 is 39.3 Å². The van der Waals surface area contributed by atoms with Crippen molar-refractivity contribution in [1.29, 1.82) is 0 Å². The van der Waals surface area contributed by atoms with E-state index in [-0.39, 0.29) is 12.2 Å². The number of rotatable bonds is 10. The molecule has 0 saturated carbocycles. The maximum atomic E-state index is 14.0. The molecule has 216 valence electrons. The Morgan fingerprint density at radius 3 is 2.52 bits per heavy atom. The maximum absolute atomic E-state index is 14.0. The number of nitrogens with zero attached hydrogens (tertiary/aromatic N) is 2. The number of carbonyl (C=O) groups is 1. The highest BCUT2D eigenvalue weighted by Gasteiger charge is 2.36. The molecule has 9 heteroatoms. The van der Waals surface area contributed by atoms with Crippen molar-refractivity contribution in [2.24, 2.45) is 4.99 Å². The minimum absolute atomic E-state index is 0.208. The van der Waals surface area contributed by atoms with Gasteiger partial charge in [0.05, 0.1) is 29.5 Å². The summed E-state index contributed by atoms with van der Waals surface area (Å²) in [7, 11) is 1.57. The lowest BCUT2D eigenvalue weighted by atomic mass is 9.93. The third kappa shape index (κ3) is 6.27. The van der Waals surface area contributed by atoms with Crippen LogP contribution in [0.15, 0.2) is 98.3 Å². The quantitative estimate of drug-likeness (QED) is 0.200. The van der Waals surface area contributed by atoms with Gasteiger partial charge in [0.1, 0.15) is 24.1 Å². The number of methoxy groups -OCH3 is 1. The molecule has 4 aromatic rings. The van der Waals surface area contributed by atoms with Gasteiger partial charge < -0.3 is 14.2 Å². The zero-order valence-electron chi connectivity index (χ0n) is 23.6. The Morgan fingerprint density at radius 1 is 1.07 bits per heavy atom. The largest absolute Gasteiger partial charge is 0.496 e. The molecule has 7 nitrogen and oxygen atoms in total. The number of halogens is 1. The fourth-order valence-electron chi connectivity index (χ4n) is 4.89. The molecule has 1 aliphatic heterocycles. The van der Waals surface area contributed by atoms with Crippen LogP contribution in [0.4, 0.5) is 0 Å². The number of hydrogen-bond donors (Lipinski definition) is 0. The van der Waals surface area contributed by atoms with Crippen LogP contribution < -0.4 is 24.4 Å². The van der Waals surface area contributed by atoms with Gasteiger partial charge in [-0.25, -0.2) is 9.79 Å². The zero-order valence-corrected chi connectivity index (χ0v) is 26.0. The van der Waals surface area contributed by atoms with E-state index in [1.54, 1.807) is 18.6 Å². The van der Waals surface area contributed by atoms with E-state index in [2.05, 4.69) is 15.9 Å². The van der Waals surface area contributed by atoms with Gasteiger partial charge in [0.15, 0.2) is 4.80 Å². The molecule has 0 N–H and O–H groups in total. The van der Waals surface area contributed by atoms with Crippen LogP contribution >= 0.6 is 27.3 Å². The average Bonchev–Trinajstić information content (AvgIpc) is 3.31. The molecule has 0 saturated heterocycles. The highest BCUT2D eigenvalue weighted by molar-refractivity contribution is 9.10. The Kier molecular flexibility index (Phi) is 9.39. The summed E-state index contributed by atoms with van der Waals surface area (Å²) in [6, 6.07) is 22.4. The number of fused-ring (bicyclic) bond motifs is 1. The van der Waals surface area contributed by atoms with E-state index in [1.165, 1.54) is 11.3 Å². The first-order valence-corrected chi connectivity index (χ1v) is 15.4. The Morgan fingerprint density at radius 2 is 1.83 bits per heavy atom. The molecular weight excluding hydrogens is 616 g/mol. The van der Waals surface area contributed by atoms with Crippen LogP contribution in [0.25, 0.3) is 6.08 Å². The molecular formula is C33H31BrN2O5S. The summed E-state index contributed by atoms with van der Waals surface area (Å²) < 4.78 is 20.0. The first kappa shape index (κ1) is 29.5. The summed E-state index contributed by atoms with van der Waals surface area (Å²) in [5.41, 5.74) is 3.34. The molecule has 5 rings (SSSR count).